The summed E-state index contributed by atoms with van der Waals surface area (Å²) in [6.45, 7) is 2.14. The number of amides is 1. The summed E-state index contributed by atoms with van der Waals surface area (Å²) in [5.41, 5.74) is 2.80. The zero-order chi connectivity index (χ0) is 32.9. The molecule has 2 heterocycles. The van der Waals surface area contributed by atoms with Crippen molar-refractivity contribution in [2.45, 2.75) is 56.2 Å². The molecule has 1 saturated carbocycles. The van der Waals surface area contributed by atoms with Gasteiger partial charge < -0.3 is 30.5 Å². The minimum absolute atomic E-state index is 0.0105. The maximum absolute atomic E-state index is 13.6. The van der Waals surface area contributed by atoms with E-state index in [9.17, 15) is 32.6 Å². The molecule has 1 amide bonds. The van der Waals surface area contributed by atoms with Crippen LogP contribution in [0, 0.1) is 5.82 Å². The predicted octanol–water partition coefficient (Wildman–Crippen LogP) is 4.06. The fourth-order valence-corrected chi connectivity index (χ4v) is 5.16. The summed E-state index contributed by atoms with van der Waals surface area (Å²) >= 11 is 6.29. The van der Waals surface area contributed by atoms with Gasteiger partial charge in [-0.1, -0.05) is 49.4 Å². The van der Waals surface area contributed by atoms with Gasteiger partial charge in [0.05, 0.1) is 18.4 Å². The van der Waals surface area contributed by atoms with Crippen molar-refractivity contribution in [1.82, 2.24) is 24.8 Å². The third kappa shape index (κ3) is 8.04. The summed E-state index contributed by atoms with van der Waals surface area (Å²) in [7, 11) is 0. The summed E-state index contributed by atoms with van der Waals surface area (Å²) in [5, 5.41) is 34.5. The van der Waals surface area contributed by atoms with Gasteiger partial charge in [0.1, 0.15) is 18.0 Å². The average Bonchev–Trinajstić information content (AvgIpc) is 3.54. The highest BCUT2D eigenvalue weighted by atomic mass is 35.5. The van der Waals surface area contributed by atoms with Crippen LogP contribution in [0.2, 0.25) is 5.28 Å². The lowest BCUT2D eigenvalue weighted by Crippen LogP contribution is -2.42. The van der Waals surface area contributed by atoms with Gasteiger partial charge in [0.2, 0.25) is 11.2 Å². The fraction of sp³-hybridized carbons (Fsp3) is 0.345. The zero-order valence-electron chi connectivity index (χ0n) is 23.6. The van der Waals surface area contributed by atoms with Gasteiger partial charge in [0.25, 0.3) is 0 Å². The van der Waals surface area contributed by atoms with Crippen molar-refractivity contribution in [1.29, 1.82) is 0 Å². The number of carboxylic acid groups (broad SMARTS) is 1. The zero-order valence-corrected chi connectivity index (χ0v) is 24.4. The van der Waals surface area contributed by atoms with Gasteiger partial charge in [-0.2, -0.15) is 23.1 Å². The molecule has 0 saturated heterocycles. The summed E-state index contributed by atoms with van der Waals surface area (Å²) < 4.78 is 47.0. The number of nitrogens with one attached hydrogen (secondary N) is 2. The van der Waals surface area contributed by atoms with Crippen molar-refractivity contribution in [2.24, 2.45) is 0 Å². The molecular formula is C29H29ClF4N6O5. The second-order valence-electron chi connectivity index (χ2n) is 10.2. The Balaban J connectivity index is 0.000000591. The number of carbonyl (C=O) groups excluding carboxylic acids is 1. The Morgan fingerprint density at radius 3 is 2.27 bits per heavy atom. The van der Waals surface area contributed by atoms with Crippen LogP contribution in [0.25, 0.3) is 11.2 Å². The summed E-state index contributed by atoms with van der Waals surface area (Å²) in [5.74, 6) is -2.97. The Bertz CT molecular complexity index is 1620. The van der Waals surface area contributed by atoms with Crippen molar-refractivity contribution >= 4 is 40.5 Å². The lowest BCUT2D eigenvalue weighted by molar-refractivity contribution is -0.192. The van der Waals surface area contributed by atoms with E-state index in [0.29, 0.717) is 29.9 Å². The molecule has 1 unspecified atom stereocenters. The standard InChI is InChI=1S/C27H28ClFN6O3.C2HF3O2/c1-2-21(36)32-19-12-20(24(38)23(19)37)35-14-31-22-25(33-27(28)34-26(22)35)30-13-18(15-6-4-3-5-7-15)16-8-10-17(29)11-9-16;3-2(4,5)1(6)7/h3-11,14,18-20,23-24,37-38H,2,12-13H2,1H3,(H,32,36)(H,30,33,34);(H,6,7)/t18?,19-,20+,23+,24-;/m0./s1. The molecule has 240 valence electrons. The van der Waals surface area contributed by atoms with E-state index < -0.39 is 36.4 Å². The summed E-state index contributed by atoms with van der Waals surface area (Å²) in [6.07, 6.45) is -5.26. The van der Waals surface area contributed by atoms with Crippen molar-refractivity contribution in [3.05, 3.63) is 83.2 Å². The minimum Gasteiger partial charge on any atom is -0.475 e. The Kier molecular flexibility index (Phi) is 10.6. The van der Waals surface area contributed by atoms with E-state index in [1.54, 1.807) is 23.6 Å². The molecule has 0 bridgehead atoms. The molecule has 5 rings (SSSR count). The number of aliphatic hydroxyl groups is 2. The normalized spacial score (nSPS) is 20.3. The number of fused-ring (bicyclic) bond motifs is 1. The van der Waals surface area contributed by atoms with E-state index >= 15 is 0 Å². The highest BCUT2D eigenvalue weighted by Gasteiger charge is 2.43. The molecule has 1 aliphatic rings. The summed E-state index contributed by atoms with van der Waals surface area (Å²) in [4.78, 5) is 34.0. The van der Waals surface area contributed by atoms with E-state index in [4.69, 9.17) is 21.5 Å². The molecule has 2 aromatic heterocycles. The van der Waals surface area contributed by atoms with E-state index in [-0.39, 0.29) is 29.3 Å². The highest BCUT2D eigenvalue weighted by molar-refractivity contribution is 6.28. The topological polar surface area (TPSA) is 162 Å². The molecule has 0 spiro atoms. The number of imidazole rings is 1. The van der Waals surface area contributed by atoms with Crippen LogP contribution in [-0.2, 0) is 9.59 Å². The Morgan fingerprint density at radius 2 is 1.67 bits per heavy atom. The molecule has 4 aromatic rings. The molecule has 1 aliphatic carbocycles. The number of hydrogen-bond acceptors (Lipinski definition) is 8. The van der Waals surface area contributed by atoms with Gasteiger partial charge in [-0.25, -0.2) is 14.2 Å². The number of hydrogen-bond donors (Lipinski definition) is 5. The third-order valence-electron chi connectivity index (χ3n) is 7.26. The number of benzene rings is 2. The van der Waals surface area contributed by atoms with Gasteiger partial charge in [-0.05, 0) is 41.3 Å². The van der Waals surface area contributed by atoms with E-state index in [0.717, 1.165) is 11.1 Å². The van der Waals surface area contributed by atoms with Crippen LogP contribution in [-0.4, -0.2) is 77.7 Å². The molecule has 0 aliphatic heterocycles. The van der Waals surface area contributed by atoms with E-state index in [1.807, 2.05) is 30.3 Å². The first-order valence-corrected chi connectivity index (χ1v) is 14.1. The van der Waals surface area contributed by atoms with Gasteiger partial charge in [0.15, 0.2) is 17.0 Å². The molecule has 45 heavy (non-hydrogen) atoms. The van der Waals surface area contributed by atoms with Crippen LogP contribution in [0.1, 0.15) is 42.9 Å². The second-order valence-corrected chi connectivity index (χ2v) is 10.5. The molecule has 0 radical (unpaired) electrons. The van der Waals surface area contributed by atoms with Gasteiger partial charge >= 0.3 is 12.1 Å². The maximum atomic E-state index is 13.6. The number of alkyl halides is 3. The number of carbonyl (C=O) groups is 2. The van der Waals surface area contributed by atoms with Gasteiger partial charge in [-0.15, -0.1) is 0 Å². The quantitative estimate of drug-likeness (QED) is 0.140. The van der Waals surface area contributed by atoms with Crippen LogP contribution >= 0.6 is 11.6 Å². The van der Waals surface area contributed by atoms with Gasteiger partial charge in [-0.3, -0.25) is 4.79 Å². The molecule has 1 fully saturated rings. The second kappa shape index (κ2) is 14.2. The number of carboxylic acids is 1. The first-order chi connectivity index (χ1) is 21.3. The number of aromatic nitrogens is 4. The fourth-order valence-electron chi connectivity index (χ4n) is 5.00. The number of aliphatic carboxylic acids is 1. The Morgan fingerprint density at radius 1 is 1.04 bits per heavy atom. The van der Waals surface area contributed by atoms with E-state index in [2.05, 4.69) is 25.6 Å². The van der Waals surface area contributed by atoms with Crippen LogP contribution in [0.15, 0.2) is 60.9 Å². The lowest BCUT2D eigenvalue weighted by Gasteiger charge is -2.20. The Labute approximate surface area is 258 Å². The number of halogens is 5. The molecule has 5 atom stereocenters. The molecule has 16 heteroatoms. The first kappa shape index (κ1) is 33.6. The summed E-state index contributed by atoms with van der Waals surface area (Å²) in [6, 6.07) is 15.1. The van der Waals surface area contributed by atoms with Crippen molar-refractivity contribution in [3.63, 3.8) is 0 Å². The Hall–Kier alpha value is -4.34. The first-order valence-electron chi connectivity index (χ1n) is 13.7. The van der Waals surface area contributed by atoms with Crippen LogP contribution in [0.5, 0.6) is 0 Å². The molecule has 2 aromatic carbocycles. The van der Waals surface area contributed by atoms with Crippen molar-refractivity contribution in [2.75, 3.05) is 11.9 Å². The van der Waals surface area contributed by atoms with Gasteiger partial charge in [0, 0.05) is 18.9 Å². The van der Waals surface area contributed by atoms with Crippen LogP contribution in [0.4, 0.5) is 23.4 Å². The molecule has 11 nitrogen and oxygen atoms in total. The number of rotatable bonds is 8. The smallest absolute Gasteiger partial charge is 0.475 e. The monoisotopic (exact) mass is 652 g/mol. The molecular weight excluding hydrogens is 624 g/mol. The number of nitrogens with zero attached hydrogens (tertiary/aromatic N) is 4. The van der Waals surface area contributed by atoms with Crippen molar-refractivity contribution < 1.29 is 42.5 Å². The maximum Gasteiger partial charge on any atom is 0.490 e. The average molecular weight is 653 g/mol. The predicted molar refractivity (Wildman–Crippen MR) is 155 cm³/mol. The third-order valence-corrected chi connectivity index (χ3v) is 7.43. The minimum atomic E-state index is -5.08. The molecule has 5 N–H and O–H groups in total. The number of anilines is 1. The lowest BCUT2D eigenvalue weighted by atomic mass is 9.91. The largest absolute Gasteiger partial charge is 0.490 e. The number of aliphatic hydroxyl groups excluding tert-OH is 2. The van der Waals surface area contributed by atoms with E-state index in [1.165, 1.54) is 18.5 Å². The SMILES string of the molecule is CCC(=O)N[C@H]1C[C@@H](n2cnc3c(NCC(c4ccccc4)c4ccc(F)cc4)nc(Cl)nc32)[C@H](O)[C@@H]1O.O=C(O)C(F)(F)F. The highest BCUT2D eigenvalue weighted by Crippen LogP contribution is 2.35. The van der Waals surface area contributed by atoms with Crippen molar-refractivity contribution in [3.8, 4) is 0 Å². The van der Waals surface area contributed by atoms with Crippen LogP contribution < -0.4 is 10.6 Å². The van der Waals surface area contributed by atoms with Crippen LogP contribution in [0.3, 0.4) is 0 Å².